The van der Waals surface area contributed by atoms with E-state index in [4.69, 9.17) is 5.73 Å². The summed E-state index contributed by atoms with van der Waals surface area (Å²) in [5.41, 5.74) is 6.35. The molecule has 1 saturated carbocycles. The second kappa shape index (κ2) is 3.43. The summed E-state index contributed by atoms with van der Waals surface area (Å²) >= 11 is 0. The van der Waals surface area contributed by atoms with Crippen LogP contribution in [-0.2, 0) is 11.3 Å². The Morgan fingerprint density at radius 1 is 1.50 bits per heavy atom. The van der Waals surface area contributed by atoms with Gasteiger partial charge in [0.15, 0.2) is 5.82 Å². The second-order valence-corrected chi connectivity index (χ2v) is 4.92. The summed E-state index contributed by atoms with van der Waals surface area (Å²) in [5, 5.41) is 4.17. The molecule has 1 aromatic heterocycles. The molecule has 1 atom stereocenters. The topological polar surface area (TPSA) is 64.2 Å². The van der Waals surface area contributed by atoms with E-state index in [2.05, 4.69) is 5.10 Å². The first kappa shape index (κ1) is 11.4. The Hall–Kier alpha value is -1.66. The average molecular weight is 256 g/mol. The molecule has 1 fully saturated rings. The number of nitrogen functional groups attached to an aromatic ring is 1. The van der Waals surface area contributed by atoms with Crippen molar-refractivity contribution in [1.29, 1.82) is 0 Å². The maximum Gasteiger partial charge on any atom is 0.257 e. The second-order valence-electron chi connectivity index (χ2n) is 4.92. The molecule has 1 amide bonds. The highest BCUT2D eigenvalue weighted by atomic mass is 19.3. The van der Waals surface area contributed by atoms with Gasteiger partial charge < -0.3 is 5.73 Å². The number of fused-ring (bicyclic) bond motifs is 1. The van der Waals surface area contributed by atoms with Crippen LogP contribution in [0.2, 0.25) is 0 Å². The quantitative estimate of drug-likeness (QED) is 0.824. The molecule has 98 valence electrons. The zero-order valence-corrected chi connectivity index (χ0v) is 9.99. The number of hydrogen-bond acceptors (Lipinski definition) is 3. The maximum atomic E-state index is 13.1. The molecule has 18 heavy (non-hydrogen) atoms. The molecule has 1 aromatic rings. The first-order valence-electron chi connectivity index (χ1n) is 5.92. The van der Waals surface area contributed by atoms with E-state index >= 15 is 0 Å². The molecule has 3 rings (SSSR count). The number of aromatic nitrogens is 2. The number of alkyl halides is 2. The Balaban J connectivity index is 2.04. The van der Waals surface area contributed by atoms with Crippen molar-refractivity contribution in [3.63, 3.8) is 0 Å². The highest BCUT2D eigenvalue weighted by Gasteiger charge is 2.60. The molecular formula is C11H14F2N4O. The molecule has 0 radical (unpaired) electrons. The molecule has 0 bridgehead atoms. The van der Waals surface area contributed by atoms with Crippen LogP contribution in [0.5, 0.6) is 0 Å². The minimum atomic E-state index is -2.70. The van der Waals surface area contributed by atoms with E-state index in [0.717, 1.165) is 0 Å². The summed E-state index contributed by atoms with van der Waals surface area (Å²) in [5.74, 6) is -3.19. The fourth-order valence-corrected chi connectivity index (χ4v) is 2.43. The number of nitrogens with two attached hydrogens (primary N) is 1. The van der Waals surface area contributed by atoms with Crippen LogP contribution in [0, 0.1) is 0 Å². The molecule has 1 aliphatic carbocycles. The number of rotatable bonds is 1. The van der Waals surface area contributed by atoms with E-state index in [1.165, 1.54) is 4.90 Å². The average Bonchev–Trinajstić information content (AvgIpc) is 2.83. The molecule has 5 nitrogen and oxygen atoms in total. The standard InChI is InChI=1S/C11H14F2N4O/c1-16-7(18)3-2-4-17-10(16)8(14)9(15-17)6-5-11(6,12)13/h6H,2-5,14H2,1H3/t6-/m1/s1. The van der Waals surface area contributed by atoms with Gasteiger partial charge in [-0.05, 0) is 6.42 Å². The summed E-state index contributed by atoms with van der Waals surface area (Å²) in [6, 6.07) is 0. The van der Waals surface area contributed by atoms with Gasteiger partial charge in [-0.1, -0.05) is 0 Å². The molecule has 0 unspecified atom stereocenters. The van der Waals surface area contributed by atoms with Crippen molar-refractivity contribution < 1.29 is 13.6 Å². The Labute approximate surface area is 103 Å². The van der Waals surface area contributed by atoms with Crippen molar-refractivity contribution in [2.75, 3.05) is 17.7 Å². The lowest BCUT2D eigenvalue weighted by Gasteiger charge is -2.15. The predicted molar refractivity (Wildman–Crippen MR) is 61.6 cm³/mol. The van der Waals surface area contributed by atoms with E-state index in [-0.39, 0.29) is 23.7 Å². The van der Waals surface area contributed by atoms with Gasteiger partial charge >= 0.3 is 0 Å². The number of halogens is 2. The Morgan fingerprint density at radius 2 is 2.17 bits per heavy atom. The van der Waals surface area contributed by atoms with Gasteiger partial charge in [0, 0.05) is 26.4 Å². The lowest BCUT2D eigenvalue weighted by Crippen LogP contribution is -2.26. The predicted octanol–water partition coefficient (Wildman–Crippen LogP) is 1.34. The van der Waals surface area contributed by atoms with Gasteiger partial charge in [-0.15, -0.1) is 0 Å². The molecule has 2 heterocycles. The Bertz CT molecular complexity index is 525. The van der Waals surface area contributed by atoms with Gasteiger partial charge in [0.25, 0.3) is 5.92 Å². The number of aryl methyl sites for hydroxylation is 1. The van der Waals surface area contributed by atoms with Crippen molar-refractivity contribution >= 4 is 17.4 Å². The summed E-state index contributed by atoms with van der Waals surface area (Å²) < 4.78 is 27.8. The maximum absolute atomic E-state index is 13.1. The van der Waals surface area contributed by atoms with Gasteiger partial charge in [0.1, 0.15) is 0 Å². The number of anilines is 2. The summed E-state index contributed by atoms with van der Waals surface area (Å²) in [4.78, 5) is 13.1. The van der Waals surface area contributed by atoms with Crippen LogP contribution < -0.4 is 10.6 Å². The molecule has 2 aliphatic rings. The lowest BCUT2D eigenvalue weighted by molar-refractivity contribution is -0.118. The van der Waals surface area contributed by atoms with E-state index in [9.17, 15) is 13.6 Å². The van der Waals surface area contributed by atoms with Gasteiger partial charge in [0.05, 0.1) is 17.3 Å². The van der Waals surface area contributed by atoms with Crippen molar-refractivity contribution in [2.45, 2.75) is 37.6 Å². The van der Waals surface area contributed by atoms with E-state index in [0.29, 0.717) is 25.2 Å². The van der Waals surface area contributed by atoms with Crippen molar-refractivity contribution in [2.24, 2.45) is 0 Å². The summed E-state index contributed by atoms with van der Waals surface area (Å²) in [6.45, 7) is 0.536. The molecule has 1 aliphatic heterocycles. The first-order valence-corrected chi connectivity index (χ1v) is 5.92. The Kier molecular flexibility index (Phi) is 2.18. The molecule has 0 aromatic carbocycles. The van der Waals surface area contributed by atoms with Crippen molar-refractivity contribution in [1.82, 2.24) is 9.78 Å². The van der Waals surface area contributed by atoms with Crippen LogP contribution in [0.4, 0.5) is 20.3 Å². The Morgan fingerprint density at radius 3 is 2.78 bits per heavy atom. The highest BCUT2D eigenvalue weighted by molar-refractivity contribution is 5.95. The minimum absolute atomic E-state index is 0.0607. The minimum Gasteiger partial charge on any atom is -0.394 e. The summed E-state index contributed by atoms with van der Waals surface area (Å²) in [6.07, 6.45) is 0.872. The van der Waals surface area contributed by atoms with E-state index < -0.39 is 11.8 Å². The molecule has 0 saturated heterocycles. The van der Waals surface area contributed by atoms with Crippen LogP contribution in [0.15, 0.2) is 0 Å². The number of nitrogens with zero attached hydrogens (tertiary/aromatic N) is 3. The zero-order valence-electron chi connectivity index (χ0n) is 9.99. The largest absolute Gasteiger partial charge is 0.394 e. The van der Waals surface area contributed by atoms with E-state index in [1.807, 2.05) is 0 Å². The fourth-order valence-electron chi connectivity index (χ4n) is 2.43. The first-order chi connectivity index (χ1) is 8.42. The number of carbonyl (C=O) groups excluding carboxylic acids is 1. The molecular weight excluding hydrogens is 242 g/mol. The lowest BCUT2D eigenvalue weighted by atomic mass is 10.2. The van der Waals surface area contributed by atoms with Crippen LogP contribution in [0.1, 0.15) is 30.9 Å². The molecule has 2 N–H and O–H groups in total. The summed E-state index contributed by atoms with van der Waals surface area (Å²) in [7, 11) is 1.60. The zero-order chi connectivity index (χ0) is 13.1. The third kappa shape index (κ3) is 1.49. The molecule has 7 heteroatoms. The number of amides is 1. The number of hydrogen-bond donors (Lipinski definition) is 1. The van der Waals surface area contributed by atoms with Crippen LogP contribution in [0.3, 0.4) is 0 Å². The van der Waals surface area contributed by atoms with Crippen molar-refractivity contribution in [3.8, 4) is 0 Å². The van der Waals surface area contributed by atoms with Gasteiger partial charge in [-0.2, -0.15) is 5.10 Å². The normalized spacial score (nSPS) is 25.8. The highest BCUT2D eigenvalue weighted by Crippen LogP contribution is 2.57. The number of carbonyl (C=O) groups is 1. The van der Waals surface area contributed by atoms with E-state index in [1.54, 1.807) is 11.7 Å². The van der Waals surface area contributed by atoms with Crippen molar-refractivity contribution in [3.05, 3.63) is 5.69 Å². The third-order valence-electron chi connectivity index (χ3n) is 3.60. The van der Waals surface area contributed by atoms with Gasteiger partial charge in [-0.3, -0.25) is 9.69 Å². The van der Waals surface area contributed by atoms with Crippen LogP contribution >= 0.6 is 0 Å². The van der Waals surface area contributed by atoms with Gasteiger partial charge in [0.2, 0.25) is 5.91 Å². The van der Waals surface area contributed by atoms with Crippen LogP contribution in [0.25, 0.3) is 0 Å². The fraction of sp³-hybridized carbons (Fsp3) is 0.636. The van der Waals surface area contributed by atoms with Gasteiger partial charge in [-0.25, -0.2) is 13.5 Å². The van der Waals surface area contributed by atoms with Crippen LogP contribution in [-0.4, -0.2) is 28.7 Å². The SMILES string of the molecule is CN1C(=O)CCCn2nc([C@H]3CC3(F)F)c(N)c21. The molecule has 0 spiro atoms. The smallest absolute Gasteiger partial charge is 0.257 e. The monoisotopic (exact) mass is 256 g/mol. The third-order valence-corrected chi connectivity index (χ3v) is 3.60.